The first-order valence-corrected chi connectivity index (χ1v) is 11.9. The fourth-order valence-electron chi connectivity index (χ4n) is 2.46. The van der Waals surface area contributed by atoms with Crippen LogP contribution in [0.25, 0.3) is 0 Å². The van der Waals surface area contributed by atoms with Crippen molar-refractivity contribution in [2.75, 3.05) is 30.3 Å². The maximum atomic E-state index is 12.1. The van der Waals surface area contributed by atoms with Gasteiger partial charge in [0.05, 0.1) is 18.5 Å². The van der Waals surface area contributed by atoms with Crippen molar-refractivity contribution in [2.45, 2.75) is 12.8 Å². The summed E-state index contributed by atoms with van der Waals surface area (Å²) in [4.78, 5) is 12.0. The molecule has 0 atom stereocenters. The van der Waals surface area contributed by atoms with Gasteiger partial charge in [-0.2, -0.15) is 0 Å². The molecule has 9 heteroatoms. The van der Waals surface area contributed by atoms with Crippen LogP contribution in [0.1, 0.15) is 12.8 Å². The average Bonchev–Trinajstić information content (AvgIpc) is 2.64. The van der Waals surface area contributed by atoms with Crippen molar-refractivity contribution < 1.29 is 17.9 Å². The van der Waals surface area contributed by atoms with E-state index in [1.165, 1.54) is 10.6 Å². The number of sulfonamides is 1. The molecule has 0 aliphatic rings. The summed E-state index contributed by atoms with van der Waals surface area (Å²) in [5.74, 6) is 0.538. The number of carbonyl (C=O) groups excluding carboxylic acids is 1. The minimum Gasteiger partial charge on any atom is -0.492 e. The number of nitrogens with zero attached hydrogens (tertiary/aromatic N) is 1. The largest absolute Gasteiger partial charge is 0.492 e. The highest BCUT2D eigenvalue weighted by Gasteiger charge is 2.17. The van der Waals surface area contributed by atoms with Crippen LogP contribution in [0.3, 0.4) is 0 Å². The first kappa shape index (κ1) is 22.8. The lowest BCUT2D eigenvalue weighted by Crippen LogP contribution is -2.32. The Kier molecular flexibility index (Phi) is 8.84. The fraction of sp³-hybridized carbons (Fsp3) is 0.316. The quantitative estimate of drug-likeness (QED) is 0.371. The monoisotopic (exact) mass is 536 g/mol. The number of rotatable bonds is 10. The molecule has 0 aliphatic carbocycles. The second-order valence-electron chi connectivity index (χ2n) is 6.07. The van der Waals surface area contributed by atoms with Crippen molar-refractivity contribution in [3.8, 4) is 5.75 Å². The van der Waals surface area contributed by atoms with E-state index in [4.69, 9.17) is 16.3 Å². The maximum Gasteiger partial charge on any atom is 0.232 e. The summed E-state index contributed by atoms with van der Waals surface area (Å²) in [5, 5.41) is 3.40. The second kappa shape index (κ2) is 10.9. The number of nitrogens with one attached hydrogen (secondary N) is 1. The number of benzene rings is 2. The number of amides is 1. The van der Waals surface area contributed by atoms with Gasteiger partial charge in [0.25, 0.3) is 0 Å². The molecule has 0 radical (unpaired) electrons. The third kappa shape index (κ3) is 7.84. The van der Waals surface area contributed by atoms with Crippen LogP contribution in [0.4, 0.5) is 5.69 Å². The van der Waals surface area contributed by atoms with Crippen LogP contribution in [0, 0.1) is 3.57 Å². The standard InChI is InChI=1S/C19H22ClIN2O4S/c1-28(25,26)23(17-8-6-16(21)7-9-17)13-2-3-19(24)22-12-14-27-18-10-4-15(20)5-11-18/h4-11H,2-3,12-14H2,1H3,(H,22,24). The van der Waals surface area contributed by atoms with Crippen LogP contribution in [0.2, 0.25) is 5.02 Å². The summed E-state index contributed by atoms with van der Waals surface area (Å²) in [6.07, 6.45) is 1.82. The highest BCUT2D eigenvalue weighted by atomic mass is 127. The van der Waals surface area contributed by atoms with Gasteiger partial charge in [-0.05, 0) is 77.5 Å². The normalized spacial score (nSPS) is 11.1. The SMILES string of the molecule is CS(=O)(=O)N(CCCC(=O)NCCOc1ccc(Cl)cc1)c1ccc(I)cc1. The molecule has 0 aliphatic heterocycles. The zero-order chi connectivity index (χ0) is 20.6. The number of ether oxygens (including phenoxy) is 1. The lowest BCUT2D eigenvalue weighted by atomic mass is 10.2. The molecule has 2 aromatic rings. The van der Waals surface area contributed by atoms with Crippen molar-refractivity contribution in [1.29, 1.82) is 0 Å². The molecule has 152 valence electrons. The third-order valence-electron chi connectivity index (χ3n) is 3.79. The second-order valence-corrected chi connectivity index (χ2v) is 9.66. The number of hydrogen-bond acceptors (Lipinski definition) is 4. The molecular weight excluding hydrogens is 515 g/mol. The van der Waals surface area contributed by atoms with Crippen LogP contribution >= 0.6 is 34.2 Å². The van der Waals surface area contributed by atoms with Gasteiger partial charge in [0.2, 0.25) is 15.9 Å². The average molecular weight is 537 g/mol. The van der Waals surface area contributed by atoms with Crippen LogP contribution < -0.4 is 14.4 Å². The Balaban J connectivity index is 1.73. The molecule has 0 bridgehead atoms. The lowest BCUT2D eigenvalue weighted by molar-refractivity contribution is -0.121. The van der Waals surface area contributed by atoms with E-state index in [9.17, 15) is 13.2 Å². The zero-order valence-corrected chi connectivity index (χ0v) is 19.1. The zero-order valence-electron chi connectivity index (χ0n) is 15.4. The van der Waals surface area contributed by atoms with E-state index in [2.05, 4.69) is 27.9 Å². The summed E-state index contributed by atoms with van der Waals surface area (Å²) < 4.78 is 32.0. The number of anilines is 1. The Morgan fingerprint density at radius 2 is 1.79 bits per heavy atom. The summed E-state index contributed by atoms with van der Waals surface area (Å²) >= 11 is 7.97. The molecule has 28 heavy (non-hydrogen) atoms. The van der Waals surface area contributed by atoms with E-state index in [0.29, 0.717) is 36.0 Å². The molecule has 0 saturated carbocycles. The van der Waals surface area contributed by atoms with Crippen LogP contribution in [-0.4, -0.2) is 40.3 Å². The van der Waals surface area contributed by atoms with Crippen molar-refractivity contribution in [3.05, 3.63) is 57.1 Å². The van der Waals surface area contributed by atoms with Gasteiger partial charge in [-0.1, -0.05) is 11.6 Å². The van der Waals surface area contributed by atoms with Crippen molar-refractivity contribution >= 4 is 55.8 Å². The minimum atomic E-state index is -3.41. The molecule has 0 saturated heterocycles. The molecule has 0 spiro atoms. The van der Waals surface area contributed by atoms with Gasteiger partial charge in [-0.15, -0.1) is 0 Å². The lowest BCUT2D eigenvalue weighted by Gasteiger charge is -2.22. The molecule has 1 amide bonds. The Bertz CT molecular complexity index is 874. The Morgan fingerprint density at radius 3 is 2.39 bits per heavy atom. The van der Waals surface area contributed by atoms with Gasteiger partial charge >= 0.3 is 0 Å². The molecule has 0 unspecified atom stereocenters. The Hall–Kier alpha value is -1.52. The summed E-state index contributed by atoms with van der Waals surface area (Å²) in [7, 11) is -3.41. The number of hydrogen-bond donors (Lipinski definition) is 1. The van der Waals surface area contributed by atoms with Gasteiger partial charge in [0.1, 0.15) is 12.4 Å². The molecule has 2 aromatic carbocycles. The summed E-state index contributed by atoms with van der Waals surface area (Å²) in [5.41, 5.74) is 0.597. The van der Waals surface area contributed by atoms with Crippen LogP contribution in [-0.2, 0) is 14.8 Å². The molecular formula is C19H22ClIN2O4S. The van der Waals surface area contributed by atoms with E-state index in [1.54, 1.807) is 36.4 Å². The number of halogens is 2. The molecule has 0 heterocycles. The van der Waals surface area contributed by atoms with E-state index < -0.39 is 10.0 Å². The molecule has 0 fully saturated rings. The highest BCUT2D eigenvalue weighted by molar-refractivity contribution is 14.1. The van der Waals surface area contributed by atoms with Gasteiger partial charge in [-0.25, -0.2) is 8.42 Å². The van der Waals surface area contributed by atoms with Gasteiger partial charge < -0.3 is 10.1 Å². The minimum absolute atomic E-state index is 0.143. The van der Waals surface area contributed by atoms with Crippen molar-refractivity contribution in [2.24, 2.45) is 0 Å². The third-order valence-corrected chi connectivity index (χ3v) is 5.95. The molecule has 6 nitrogen and oxygen atoms in total. The van der Waals surface area contributed by atoms with E-state index in [0.717, 1.165) is 3.57 Å². The van der Waals surface area contributed by atoms with E-state index >= 15 is 0 Å². The first-order chi connectivity index (χ1) is 13.3. The van der Waals surface area contributed by atoms with E-state index in [1.807, 2.05) is 12.1 Å². The van der Waals surface area contributed by atoms with Crippen LogP contribution in [0.5, 0.6) is 5.75 Å². The maximum absolute atomic E-state index is 12.1. The molecule has 2 rings (SSSR count). The number of carbonyl (C=O) groups is 1. The smallest absolute Gasteiger partial charge is 0.232 e. The van der Waals surface area contributed by atoms with Crippen molar-refractivity contribution in [3.63, 3.8) is 0 Å². The first-order valence-electron chi connectivity index (χ1n) is 8.64. The van der Waals surface area contributed by atoms with Gasteiger partial charge in [-0.3, -0.25) is 9.10 Å². The van der Waals surface area contributed by atoms with Crippen LogP contribution in [0.15, 0.2) is 48.5 Å². The van der Waals surface area contributed by atoms with Gasteiger partial charge in [0.15, 0.2) is 0 Å². The molecule has 1 N–H and O–H groups in total. The predicted octanol–water partition coefficient (Wildman–Crippen LogP) is 3.69. The Morgan fingerprint density at radius 1 is 1.14 bits per heavy atom. The van der Waals surface area contributed by atoms with Crippen molar-refractivity contribution in [1.82, 2.24) is 5.32 Å². The Labute approximate surface area is 184 Å². The predicted molar refractivity (Wildman–Crippen MR) is 121 cm³/mol. The topological polar surface area (TPSA) is 75.7 Å². The highest BCUT2D eigenvalue weighted by Crippen LogP contribution is 2.20. The van der Waals surface area contributed by atoms with Gasteiger partial charge in [0, 0.05) is 21.6 Å². The molecule has 0 aromatic heterocycles. The summed E-state index contributed by atoms with van der Waals surface area (Å²) in [6, 6.07) is 14.2. The van der Waals surface area contributed by atoms with E-state index in [-0.39, 0.29) is 18.9 Å². The fourth-order valence-corrected chi connectivity index (χ4v) is 3.91. The summed E-state index contributed by atoms with van der Waals surface area (Å²) in [6.45, 7) is 0.952.